The predicted molar refractivity (Wildman–Crippen MR) is 107 cm³/mol. The van der Waals surface area contributed by atoms with Gasteiger partial charge in [0.2, 0.25) is 5.91 Å². The zero-order valence-corrected chi connectivity index (χ0v) is 16.8. The fraction of sp³-hybridized carbons (Fsp3) is 0.474. The summed E-state index contributed by atoms with van der Waals surface area (Å²) in [6.07, 6.45) is 0.756. The van der Waals surface area contributed by atoms with Crippen molar-refractivity contribution < 1.29 is 23.9 Å². The van der Waals surface area contributed by atoms with Crippen molar-refractivity contribution in [3.05, 3.63) is 29.8 Å². The molecule has 8 nitrogen and oxygen atoms in total. The van der Waals surface area contributed by atoms with Gasteiger partial charge >= 0.3 is 5.97 Å². The monoisotopic (exact) mass is 407 g/mol. The van der Waals surface area contributed by atoms with Crippen molar-refractivity contribution in [2.75, 3.05) is 26.3 Å². The Morgan fingerprint density at radius 1 is 1.29 bits per heavy atom. The smallest absolute Gasteiger partial charge is 0.308 e. The molecular weight excluding hydrogens is 382 g/mol. The topological polar surface area (TPSA) is 97.0 Å². The standard InChI is InChI=1S/C19H25N3O5S/c1-3-11-27-14-7-5-13(6-8-14)17(24)21-19(28)22-10-9-20-18(25)15(22)12-16(23)26-4-2/h5-8,15H,3-4,9-12H2,1-2H3,(H,20,25)(H,21,24,28). The highest BCUT2D eigenvalue weighted by molar-refractivity contribution is 7.80. The molecule has 1 aliphatic rings. The fourth-order valence-corrected chi connectivity index (χ4v) is 3.01. The van der Waals surface area contributed by atoms with Crippen LogP contribution < -0.4 is 15.4 Å². The van der Waals surface area contributed by atoms with E-state index in [0.29, 0.717) is 31.0 Å². The van der Waals surface area contributed by atoms with Gasteiger partial charge in [0, 0.05) is 18.7 Å². The Kier molecular flexibility index (Phi) is 8.19. The van der Waals surface area contributed by atoms with Gasteiger partial charge < -0.3 is 19.7 Å². The molecule has 0 aliphatic carbocycles. The first-order valence-electron chi connectivity index (χ1n) is 9.24. The molecule has 28 heavy (non-hydrogen) atoms. The summed E-state index contributed by atoms with van der Waals surface area (Å²) in [5, 5.41) is 5.43. The van der Waals surface area contributed by atoms with Gasteiger partial charge in [-0.2, -0.15) is 0 Å². The van der Waals surface area contributed by atoms with Crippen molar-refractivity contribution in [2.45, 2.75) is 32.7 Å². The van der Waals surface area contributed by atoms with E-state index in [1.54, 1.807) is 36.1 Å². The van der Waals surface area contributed by atoms with Crippen LogP contribution in [0.5, 0.6) is 5.75 Å². The van der Waals surface area contributed by atoms with Gasteiger partial charge in [-0.15, -0.1) is 0 Å². The lowest BCUT2D eigenvalue weighted by atomic mass is 10.1. The van der Waals surface area contributed by atoms with Gasteiger partial charge in [0.05, 0.1) is 19.6 Å². The Morgan fingerprint density at radius 2 is 2.00 bits per heavy atom. The summed E-state index contributed by atoms with van der Waals surface area (Å²) >= 11 is 5.32. The number of carbonyl (C=O) groups excluding carboxylic acids is 3. The molecule has 1 aromatic rings. The lowest BCUT2D eigenvalue weighted by Crippen LogP contribution is -2.60. The minimum absolute atomic E-state index is 0.0976. The zero-order valence-electron chi connectivity index (χ0n) is 16.0. The number of benzene rings is 1. The van der Waals surface area contributed by atoms with E-state index < -0.39 is 17.9 Å². The highest BCUT2D eigenvalue weighted by Crippen LogP contribution is 2.14. The maximum absolute atomic E-state index is 12.5. The van der Waals surface area contributed by atoms with Crippen LogP contribution in [0.3, 0.4) is 0 Å². The third-order valence-electron chi connectivity index (χ3n) is 4.07. The summed E-state index contributed by atoms with van der Waals surface area (Å²) in [5.41, 5.74) is 0.412. The number of thiocarbonyl (C=S) groups is 1. The van der Waals surface area contributed by atoms with Gasteiger partial charge in [-0.05, 0) is 49.8 Å². The van der Waals surface area contributed by atoms with Crippen LogP contribution in [0.1, 0.15) is 37.0 Å². The second kappa shape index (κ2) is 10.6. The molecule has 0 saturated carbocycles. The van der Waals surface area contributed by atoms with E-state index in [0.717, 1.165) is 6.42 Å². The average Bonchev–Trinajstić information content (AvgIpc) is 2.68. The van der Waals surface area contributed by atoms with E-state index in [4.69, 9.17) is 21.7 Å². The first kappa shape index (κ1) is 21.6. The van der Waals surface area contributed by atoms with E-state index in [9.17, 15) is 14.4 Å². The van der Waals surface area contributed by atoms with E-state index in [2.05, 4.69) is 10.6 Å². The Morgan fingerprint density at radius 3 is 2.64 bits per heavy atom. The average molecular weight is 407 g/mol. The Hall–Kier alpha value is -2.68. The minimum atomic E-state index is -0.814. The highest BCUT2D eigenvalue weighted by Gasteiger charge is 2.34. The quantitative estimate of drug-likeness (QED) is 0.519. The molecule has 0 radical (unpaired) electrons. The molecule has 2 rings (SSSR count). The molecule has 1 atom stereocenters. The van der Waals surface area contributed by atoms with Crippen LogP contribution in [0.15, 0.2) is 24.3 Å². The molecule has 1 heterocycles. The summed E-state index contributed by atoms with van der Waals surface area (Å²) in [6.45, 7) is 5.30. The molecule has 152 valence electrons. The Bertz CT molecular complexity index is 723. The number of rotatable bonds is 7. The van der Waals surface area contributed by atoms with Crippen molar-refractivity contribution >= 4 is 35.1 Å². The van der Waals surface area contributed by atoms with E-state index in [-0.39, 0.29) is 24.0 Å². The number of piperazine rings is 1. The number of nitrogens with zero attached hydrogens (tertiary/aromatic N) is 1. The van der Waals surface area contributed by atoms with Gasteiger partial charge in [0.25, 0.3) is 5.91 Å². The van der Waals surface area contributed by atoms with Crippen LogP contribution in [-0.4, -0.2) is 60.1 Å². The van der Waals surface area contributed by atoms with Crippen LogP contribution >= 0.6 is 12.2 Å². The van der Waals surface area contributed by atoms with Gasteiger partial charge in [-0.25, -0.2) is 0 Å². The first-order chi connectivity index (χ1) is 13.5. The number of nitrogens with one attached hydrogen (secondary N) is 2. The highest BCUT2D eigenvalue weighted by atomic mass is 32.1. The van der Waals surface area contributed by atoms with Crippen molar-refractivity contribution in [1.29, 1.82) is 0 Å². The molecule has 0 bridgehead atoms. The van der Waals surface area contributed by atoms with Crippen LogP contribution in [0.2, 0.25) is 0 Å². The number of hydrogen-bond acceptors (Lipinski definition) is 6. The van der Waals surface area contributed by atoms with E-state index in [1.165, 1.54) is 0 Å². The largest absolute Gasteiger partial charge is 0.494 e. The molecule has 2 amide bonds. The molecule has 1 saturated heterocycles. The molecule has 1 fully saturated rings. The van der Waals surface area contributed by atoms with Gasteiger partial charge in [-0.3, -0.25) is 19.7 Å². The first-order valence-corrected chi connectivity index (χ1v) is 9.65. The SMILES string of the molecule is CCCOc1ccc(C(=O)NC(=S)N2CCNC(=O)C2CC(=O)OCC)cc1. The van der Waals surface area contributed by atoms with Gasteiger partial charge in [0.15, 0.2) is 5.11 Å². The molecule has 1 aromatic carbocycles. The maximum atomic E-state index is 12.5. The van der Waals surface area contributed by atoms with E-state index in [1.807, 2.05) is 6.92 Å². The van der Waals surface area contributed by atoms with Crippen molar-refractivity contribution in [2.24, 2.45) is 0 Å². The van der Waals surface area contributed by atoms with Crippen LogP contribution in [-0.2, 0) is 14.3 Å². The fourth-order valence-electron chi connectivity index (χ4n) is 2.70. The van der Waals surface area contributed by atoms with Crippen LogP contribution in [0.4, 0.5) is 0 Å². The lowest BCUT2D eigenvalue weighted by molar-refractivity contribution is -0.147. The molecule has 9 heteroatoms. The van der Waals surface area contributed by atoms with Crippen molar-refractivity contribution in [1.82, 2.24) is 15.5 Å². The lowest BCUT2D eigenvalue weighted by Gasteiger charge is -2.36. The number of esters is 1. The normalized spacial score (nSPS) is 16.1. The number of amides is 2. The molecule has 1 aliphatic heterocycles. The van der Waals surface area contributed by atoms with Gasteiger partial charge in [-0.1, -0.05) is 6.92 Å². The number of ether oxygens (including phenoxy) is 2. The summed E-state index contributed by atoms with van der Waals surface area (Å²) in [6, 6.07) is 5.89. The molecular formula is C19H25N3O5S. The maximum Gasteiger partial charge on any atom is 0.308 e. The molecule has 0 aromatic heterocycles. The predicted octanol–water partition coefficient (Wildman–Crippen LogP) is 1.24. The second-order valence-corrected chi connectivity index (χ2v) is 6.53. The van der Waals surface area contributed by atoms with Crippen LogP contribution in [0.25, 0.3) is 0 Å². The third-order valence-corrected chi connectivity index (χ3v) is 4.40. The number of hydrogen-bond donors (Lipinski definition) is 2. The van der Waals surface area contributed by atoms with Crippen LogP contribution in [0, 0.1) is 0 Å². The van der Waals surface area contributed by atoms with Crippen molar-refractivity contribution in [3.8, 4) is 5.75 Å². The molecule has 0 spiro atoms. The zero-order chi connectivity index (χ0) is 20.5. The minimum Gasteiger partial charge on any atom is -0.494 e. The second-order valence-electron chi connectivity index (χ2n) is 6.14. The summed E-state index contributed by atoms with van der Waals surface area (Å²) in [7, 11) is 0. The van der Waals surface area contributed by atoms with Gasteiger partial charge in [0.1, 0.15) is 11.8 Å². The third kappa shape index (κ3) is 5.91. The molecule has 2 N–H and O–H groups in total. The summed E-state index contributed by atoms with van der Waals surface area (Å²) < 4.78 is 10.4. The number of carbonyl (C=O) groups is 3. The summed E-state index contributed by atoms with van der Waals surface area (Å²) in [5.74, 6) is -0.532. The summed E-state index contributed by atoms with van der Waals surface area (Å²) in [4.78, 5) is 38.0. The van der Waals surface area contributed by atoms with Crippen molar-refractivity contribution in [3.63, 3.8) is 0 Å². The molecule has 1 unspecified atom stereocenters. The van der Waals surface area contributed by atoms with E-state index >= 15 is 0 Å². The Labute approximate surface area is 169 Å². The Balaban J connectivity index is 2.01.